The van der Waals surface area contributed by atoms with Crippen LogP contribution in [0.3, 0.4) is 0 Å². The van der Waals surface area contributed by atoms with Crippen molar-refractivity contribution in [1.29, 1.82) is 0 Å². The molecule has 1 unspecified atom stereocenters. The Morgan fingerprint density at radius 2 is 1.55 bits per heavy atom. The summed E-state index contributed by atoms with van der Waals surface area (Å²) in [6.07, 6.45) is 1.71. The predicted molar refractivity (Wildman–Crippen MR) is 129 cm³/mol. The van der Waals surface area contributed by atoms with Gasteiger partial charge in [0, 0.05) is 16.7 Å². The van der Waals surface area contributed by atoms with Crippen LogP contribution in [0.15, 0.2) is 97.2 Å². The van der Waals surface area contributed by atoms with Gasteiger partial charge in [-0.2, -0.15) is 5.10 Å². The number of nitrogens with one attached hydrogen (secondary N) is 2. The lowest BCUT2D eigenvalue weighted by Gasteiger charge is -2.19. The molecule has 0 saturated heterocycles. The number of hydrogen-bond donors (Lipinski definition) is 2. The second-order valence-corrected chi connectivity index (χ2v) is 7.99. The Morgan fingerprint density at radius 1 is 0.879 bits per heavy atom. The zero-order valence-corrected chi connectivity index (χ0v) is 18.6. The lowest BCUT2D eigenvalue weighted by atomic mass is 10.0. The lowest BCUT2D eigenvalue weighted by Crippen LogP contribution is -2.31. The quantitative estimate of drug-likeness (QED) is 0.386. The summed E-state index contributed by atoms with van der Waals surface area (Å²) in [6.45, 7) is 0.493. The molecule has 166 valence electrons. The SMILES string of the molecule is O=C(CC(NC(=O)c1ccccc1)c1ccccc1)Nc1ccnn1Cc1ccc(Cl)cc1. The Hall–Kier alpha value is -3.90. The molecule has 0 aliphatic heterocycles. The highest BCUT2D eigenvalue weighted by atomic mass is 35.5. The summed E-state index contributed by atoms with van der Waals surface area (Å²) < 4.78 is 1.71. The highest BCUT2D eigenvalue weighted by molar-refractivity contribution is 6.30. The zero-order chi connectivity index (χ0) is 23.0. The van der Waals surface area contributed by atoms with Crippen LogP contribution < -0.4 is 10.6 Å². The van der Waals surface area contributed by atoms with Crippen molar-refractivity contribution in [3.8, 4) is 0 Å². The van der Waals surface area contributed by atoms with Gasteiger partial charge in [-0.3, -0.25) is 9.59 Å². The van der Waals surface area contributed by atoms with Crippen molar-refractivity contribution < 1.29 is 9.59 Å². The van der Waals surface area contributed by atoms with Gasteiger partial charge in [-0.1, -0.05) is 72.3 Å². The average Bonchev–Trinajstić information content (AvgIpc) is 3.27. The van der Waals surface area contributed by atoms with Crippen LogP contribution in [0.1, 0.15) is 33.9 Å². The van der Waals surface area contributed by atoms with Crippen LogP contribution in [0, 0.1) is 0 Å². The molecule has 4 aromatic rings. The minimum atomic E-state index is -0.480. The normalized spacial score (nSPS) is 11.5. The number of rotatable bonds is 8. The fraction of sp³-hybridized carbons (Fsp3) is 0.115. The maximum Gasteiger partial charge on any atom is 0.251 e. The molecule has 0 spiro atoms. The van der Waals surface area contributed by atoms with E-state index in [0.29, 0.717) is 22.9 Å². The Morgan fingerprint density at radius 3 is 2.24 bits per heavy atom. The van der Waals surface area contributed by atoms with E-state index in [1.807, 2.05) is 60.7 Å². The van der Waals surface area contributed by atoms with Crippen molar-refractivity contribution >= 4 is 29.2 Å². The summed E-state index contributed by atoms with van der Waals surface area (Å²) in [7, 11) is 0. The third kappa shape index (κ3) is 6.08. The van der Waals surface area contributed by atoms with Gasteiger partial charge in [0.25, 0.3) is 5.91 Å². The van der Waals surface area contributed by atoms with Gasteiger partial charge in [0.05, 0.1) is 25.2 Å². The number of aromatic nitrogens is 2. The molecule has 0 radical (unpaired) electrons. The Labute approximate surface area is 197 Å². The third-order valence-corrected chi connectivity index (χ3v) is 5.41. The molecule has 0 fully saturated rings. The molecule has 0 saturated carbocycles. The molecule has 6 nitrogen and oxygen atoms in total. The first-order chi connectivity index (χ1) is 16.1. The first-order valence-electron chi connectivity index (χ1n) is 10.6. The van der Waals surface area contributed by atoms with Crippen molar-refractivity contribution in [2.75, 3.05) is 5.32 Å². The topological polar surface area (TPSA) is 76.0 Å². The molecule has 1 aromatic heterocycles. The van der Waals surface area contributed by atoms with Crippen molar-refractivity contribution in [2.24, 2.45) is 0 Å². The van der Waals surface area contributed by atoms with Gasteiger partial charge in [0.1, 0.15) is 5.82 Å². The second kappa shape index (κ2) is 10.6. The van der Waals surface area contributed by atoms with Crippen molar-refractivity contribution in [3.63, 3.8) is 0 Å². The fourth-order valence-corrected chi connectivity index (χ4v) is 3.60. The van der Waals surface area contributed by atoms with Gasteiger partial charge in [-0.25, -0.2) is 4.68 Å². The van der Waals surface area contributed by atoms with Crippen LogP contribution in [-0.4, -0.2) is 21.6 Å². The van der Waals surface area contributed by atoms with E-state index in [0.717, 1.165) is 11.1 Å². The van der Waals surface area contributed by atoms with Gasteiger partial charge >= 0.3 is 0 Å². The molecule has 0 aliphatic rings. The predicted octanol–water partition coefficient (Wildman–Crippen LogP) is 5.08. The number of nitrogens with zero attached hydrogens (tertiary/aromatic N) is 2. The van der Waals surface area contributed by atoms with E-state index >= 15 is 0 Å². The fourth-order valence-electron chi connectivity index (χ4n) is 3.48. The molecule has 1 atom stereocenters. The monoisotopic (exact) mass is 458 g/mol. The van der Waals surface area contributed by atoms with Crippen molar-refractivity contribution in [2.45, 2.75) is 19.0 Å². The number of carbonyl (C=O) groups excluding carboxylic acids is 2. The number of halogens is 1. The molecular weight excluding hydrogens is 436 g/mol. The first-order valence-corrected chi connectivity index (χ1v) is 10.9. The van der Waals surface area contributed by atoms with E-state index in [2.05, 4.69) is 15.7 Å². The summed E-state index contributed by atoms with van der Waals surface area (Å²) in [5, 5.41) is 10.9. The molecular formula is C26H23ClN4O2. The maximum absolute atomic E-state index is 12.9. The van der Waals surface area contributed by atoms with E-state index in [1.165, 1.54) is 0 Å². The molecule has 0 aliphatic carbocycles. The van der Waals surface area contributed by atoms with Gasteiger partial charge in [0.15, 0.2) is 0 Å². The molecule has 33 heavy (non-hydrogen) atoms. The number of hydrogen-bond acceptors (Lipinski definition) is 3. The molecule has 3 aromatic carbocycles. The van der Waals surface area contributed by atoms with Crippen LogP contribution in [-0.2, 0) is 11.3 Å². The number of carbonyl (C=O) groups is 2. The largest absolute Gasteiger partial charge is 0.345 e. The molecule has 0 bridgehead atoms. The summed E-state index contributed by atoms with van der Waals surface area (Å²) >= 11 is 5.96. The van der Waals surface area contributed by atoms with Crippen molar-refractivity contribution in [3.05, 3.63) is 119 Å². The molecule has 4 rings (SSSR count). The van der Waals surface area contributed by atoms with Crippen LogP contribution in [0.4, 0.5) is 5.82 Å². The number of anilines is 1. The minimum Gasteiger partial charge on any atom is -0.345 e. The zero-order valence-electron chi connectivity index (χ0n) is 17.8. The van der Waals surface area contributed by atoms with Gasteiger partial charge in [0.2, 0.25) is 5.91 Å². The Balaban J connectivity index is 1.46. The van der Waals surface area contributed by atoms with Crippen LogP contribution in [0.25, 0.3) is 0 Å². The van der Waals surface area contributed by atoms with Crippen molar-refractivity contribution in [1.82, 2.24) is 15.1 Å². The third-order valence-electron chi connectivity index (χ3n) is 5.16. The van der Waals surface area contributed by atoms with Gasteiger partial charge < -0.3 is 10.6 Å². The molecule has 2 N–H and O–H groups in total. The standard InChI is InChI=1S/C26H23ClN4O2/c27-22-13-11-19(12-14-22)18-31-24(15-16-28-31)30-25(32)17-23(20-7-3-1-4-8-20)29-26(33)21-9-5-2-6-10-21/h1-16,23H,17-18H2,(H,29,33)(H,30,32). The molecule has 1 heterocycles. The average molecular weight is 459 g/mol. The Bertz CT molecular complexity index is 1210. The highest BCUT2D eigenvalue weighted by Gasteiger charge is 2.20. The molecule has 7 heteroatoms. The summed E-state index contributed by atoms with van der Waals surface area (Å²) in [6, 6.07) is 27.1. The smallest absolute Gasteiger partial charge is 0.251 e. The number of amides is 2. The second-order valence-electron chi connectivity index (χ2n) is 7.56. The van der Waals surface area contributed by atoms with Crippen LogP contribution in [0.5, 0.6) is 0 Å². The summed E-state index contributed by atoms with van der Waals surface area (Å²) in [5.74, 6) is 0.122. The van der Waals surface area contributed by atoms with E-state index in [-0.39, 0.29) is 18.2 Å². The van der Waals surface area contributed by atoms with Gasteiger partial charge in [-0.05, 0) is 35.4 Å². The molecule has 2 amide bonds. The summed E-state index contributed by atoms with van der Waals surface area (Å²) in [4.78, 5) is 25.7. The first kappa shape index (κ1) is 22.3. The van der Waals surface area contributed by atoms with Crippen LogP contribution >= 0.6 is 11.6 Å². The van der Waals surface area contributed by atoms with E-state index in [9.17, 15) is 9.59 Å². The van der Waals surface area contributed by atoms with E-state index < -0.39 is 6.04 Å². The van der Waals surface area contributed by atoms with E-state index in [1.54, 1.807) is 41.2 Å². The highest BCUT2D eigenvalue weighted by Crippen LogP contribution is 2.19. The summed E-state index contributed by atoms with van der Waals surface area (Å²) in [5.41, 5.74) is 2.40. The minimum absolute atomic E-state index is 0.0781. The Kier molecular flexibility index (Phi) is 7.17. The van der Waals surface area contributed by atoms with Gasteiger partial charge in [-0.15, -0.1) is 0 Å². The van der Waals surface area contributed by atoms with Crippen LogP contribution in [0.2, 0.25) is 5.02 Å². The lowest BCUT2D eigenvalue weighted by molar-refractivity contribution is -0.116. The number of benzene rings is 3. The van der Waals surface area contributed by atoms with E-state index in [4.69, 9.17) is 11.6 Å². The maximum atomic E-state index is 12.9.